The minimum atomic E-state index is 1.17. The van der Waals surface area contributed by atoms with Crippen LogP contribution in [0.2, 0.25) is 0 Å². The van der Waals surface area contributed by atoms with Gasteiger partial charge in [0, 0.05) is 12.7 Å². The van der Waals surface area contributed by atoms with Gasteiger partial charge in [0.1, 0.15) is 0 Å². The maximum absolute atomic E-state index is 3.05. The van der Waals surface area contributed by atoms with Crippen LogP contribution in [0.25, 0.3) is 0 Å². The third kappa shape index (κ3) is 5.46. The summed E-state index contributed by atoms with van der Waals surface area (Å²) in [6, 6.07) is 0. The molecule has 11 heavy (non-hydrogen) atoms. The van der Waals surface area contributed by atoms with Gasteiger partial charge in [-0.2, -0.15) is 0 Å². The third-order valence-corrected chi connectivity index (χ3v) is 1.56. The number of allylic oxidation sites excluding steroid dienone is 6. The third-order valence-electron chi connectivity index (χ3n) is 1.56. The average molecular weight is 151 g/mol. The summed E-state index contributed by atoms with van der Waals surface area (Å²) in [5.74, 6) is 0. The van der Waals surface area contributed by atoms with Gasteiger partial charge in [0.05, 0.1) is 0 Å². The van der Waals surface area contributed by atoms with Crippen LogP contribution in [0.1, 0.15) is 20.8 Å². The van der Waals surface area contributed by atoms with Gasteiger partial charge in [-0.25, -0.2) is 0 Å². The van der Waals surface area contributed by atoms with E-state index in [9.17, 15) is 0 Å². The Morgan fingerprint density at radius 2 is 1.91 bits per heavy atom. The zero-order valence-corrected chi connectivity index (χ0v) is 7.81. The van der Waals surface area contributed by atoms with Crippen molar-refractivity contribution in [2.24, 2.45) is 0 Å². The highest BCUT2D eigenvalue weighted by Gasteiger charge is 1.77. The molecule has 0 fully saturated rings. The first-order valence-corrected chi connectivity index (χ1v) is 3.86. The van der Waals surface area contributed by atoms with E-state index in [0.717, 1.165) is 0 Å². The van der Waals surface area contributed by atoms with E-state index in [-0.39, 0.29) is 0 Å². The Hall–Kier alpha value is -0.980. The van der Waals surface area contributed by atoms with Gasteiger partial charge in [-0.15, -0.1) is 0 Å². The molecule has 0 saturated heterocycles. The van der Waals surface area contributed by atoms with Crippen LogP contribution < -0.4 is 5.32 Å². The molecule has 0 amide bonds. The number of hydrogen-bond acceptors (Lipinski definition) is 1. The van der Waals surface area contributed by atoms with E-state index < -0.39 is 0 Å². The van der Waals surface area contributed by atoms with Crippen LogP contribution in [-0.2, 0) is 0 Å². The van der Waals surface area contributed by atoms with Gasteiger partial charge >= 0.3 is 0 Å². The topological polar surface area (TPSA) is 12.0 Å². The second-order valence-corrected chi connectivity index (χ2v) is 2.49. The van der Waals surface area contributed by atoms with Crippen molar-refractivity contribution in [3.8, 4) is 0 Å². The fraction of sp³-hybridized carbons (Fsp3) is 0.400. The van der Waals surface area contributed by atoms with Gasteiger partial charge in [-0.05, 0) is 26.8 Å². The van der Waals surface area contributed by atoms with Gasteiger partial charge in [0.15, 0.2) is 0 Å². The molecule has 0 aliphatic rings. The molecule has 0 radical (unpaired) electrons. The van der Waals surface area contributed by atoms with Crippen LogP contribution in [-0.4, -0.2) is 7.05 Å². The summed E-state index contributed by atoms with van der Waals surface area (Å²) in [6.45, 7) is 6.16. The molecule has 0 aliphatic carbocycles. The summed E-state index contributed by atoms with van der Waals surface area (Å²) in [6.07, 6.45) is 8.26. The summed E-state index contributed by atoms with van der Waals surface area (Å²) < 4.78 is 0. The van der Waals surface area contributed by atoms with Crippen molar-refractivity contribution < 1.29 is 0 Å². The lowest BCUT2D eigenvalue weighted by atomic mass is 10.2. The largest absolute Gasteiger partial charge is 0.392 e. The van der Waals surface area contributed by atoms with Gasteiger partial charge in [-0.1, -0.05) is 23.8 Å². The first kappa shape index (κ1) is 10.0. The van der Waals surface area contributed by atoms with E-state index in [2.05, 4.69) is 24.4 Å². The van der Waals surface area contributed by atoms with E-state index in [4.69, 9.17) is 0 Å². The highest BCUT2D eigenvalue weighted by Crippen LogP contribution is 1.94. The first-order valence-electron chi connectivity index (χ1n) is 3.86. The van der Waals surface area contributed by atoms with Crippen molar-refractivity contribution in [2.75, 3.05) is 7.05 Å². The Morgan fingerprint density at radius 1 is 1.27 bits per heavy atom. The zero-order valence-electron chi connectivity index (χ0n) is 7.81. The fourth-order valence-electron chi connectivity index (χ4n) is 0.524. The lowest BCUT2D eigenvalue weighted by molar-refractivity contribution is 0.990. The van der Waals surface area contributed by atoms with E-state index >= 15 is 0 Å². The molecule has 1 N–H and O–H groups in total. The highest BCUT2D eigenvalue weighted by atomic mass is 14.8. The predicted octanol–water partition coefficient (Wildman–Crippen LogP) is 2.63. The Kier molecular flexibility index (Phi) is 5.26. The molecular weight excluding hydrogens is 134 g/mol. The summed E-state index contributed by atoms with van der Waals surface area (Å²) in [7, 11) is 1.92. The second kappa shape index (κ2) is 5.78. The van der Waals surface area contributed by atoms with Crippen LogP contribution in [0, 0.1) is 0 Å². The lowest BCUT2D eigenvalue weighted by Crippen LogP contribution is -2.00. The summed E-state index contributed by atoms with van der Waals surface area (Å²) >= 11 is 0. The normalized spacial score (nSPS) is 14.2. The second-order valence-electron chi connectivity index (χ2n) is 2.49. The molecule has 0 spiro atoms. The maximum atomic E-state index is 3.05. The minimum Gasteiger partial charge on any atom is -0.392 e. The van der Waals surface area contributed by atoms with Gasteiger partial charge in [0.2, 0.25) is 0 Å². The molecule has 0 rings (SSSR count). The predicted molar refractivity (Wildman–Crippen MR) is 51.4 cm³/mol. The van der Waals surface area contributed by atoms with Crippen molar-refractivity contribution in [1.29, 1.82) is 0 Å². The molecule has 1 nitrogen and oxygen atoms in total. The maximum Gasteiger partial charge on any atom is 0.00724 e. The van der Waals surface area contributed by atoms with Crippen molar-refractivity contribution in [3.05, 3.63) is 35.6 Å². The smallest absolute Gasteiger partial charge is 0.00724 e. The van der Waals surface area contributed by atoms with Crippen LogP contribution >= 0.6 is 0 Å². The molecule has 0 bridgehead atoms. The van der Waals surface area contributed by atoms with E-state index in [1.807, 2.05) is 33.0 Å². The molecule has 0 atom stereocenters. The minimum absolute atomic E-state index is 1.17. The first-order chi connectivity index (χ1) is 5.20. The number of rotatable bonds is 3. The Labute approximate surface area is 69.5 Å². The van der Waals surface area contributed by atoms with E-state index in [1.54, 1.807) is 0 Å². The highest BCUT2D eigenvalue weighted by molar-refractivity contribution is 5.20. The van der Waals surface area contributed by atoms with Crippen molar-refractivity contribution >= 4 is 0 Å². The monoisotopic (exact) mass is 151 g/mol. The lowest BCUT2D eigenvalue weighted by Gasteiger charge is -1.94. The van der Waals surface area contributed by atoms with E-state index in [1.165, 1.54) is 11.3 Å². The van der Waals surface area contributed by atoms with Gasteiger partial charge in [-0.3, -0.25) is 0 Å². The van der Waals surface area contributed by atoms with Crippen molar-refractivity contribution in [3.63, 3.8) is 0 Å². The molecule has 62 valence electrons. The molecule has 0 aromatic rings. The number of hydrogen-bond donors (Lipinski definition) is 1. The van der Waals surface area contributed by atoms with Crippen molar-refractivity contribution in [2.45, 2.75) is 20.8 Å². The average Bonchev–Trinajstić information content (AvgIpc) is 2.04. The quantitative estimate of drug-likeness (QED) is 0.611. The van der Waals surface area contributed by atoms with Crippen LogP contribution in [0.5, 0.6) is 0 Å². The summed E-state index contributed by atoms with van der Waals surface area (Å²) in [5.41, 5.74) is 2.45. The molecule has 0 aromatic carbocycles. The summed E-state index contributed by atoms with van der Waals surface area (Å²) in [5, 5.41) is 3.05. The molecular formula is C10H17N. The van der Waals surface area contributed by atoms with Gasteiger partial charge in [0.25, 0.3) is 0 Å². The van der Waals surface area contributed by atoms with E-state index in [0.29, 0.717) is 0 Å². The van der Waals surface area contributed by atoms with Crippen molar-refractivity contribution in [1.82, 2.24) is 5.32 Å². The Balaban J connectivity index is 3.96. The molecule has 1 heteroatoms. The van der Waals surface area contributed by atoms with Crippen LogP contribution in [0.4, 0.5) is 0 Å². The number of nitrogens with one attached hydrogen (secondary N) is 1. The Morgan fingerprint density at radius 3 is 2.36 bits per heavy atom. The Bertz CT molecular complexity index is 185. The SMILES string of the molecule is C/C=C(C)/C=C\C=C(/C)NC. The fourth-order valence-corrected chi connectivity index (χ4v) is 0.524. The molecule has 0 heterocycles. The zero-order chi connectivity index (χ0) is 8.69. The molecule has 0 aromatic heterocycles. The van der Waals surface area contributed by atoms with Gasteiger partial charge < -0.3 is 5.32 Å². The standard InChI is InChI=1S/C10H17N/c1-5-9(2)7-6-8-10(3)11-4/h5-8,11H,1-4H3/b7-6-,9-5+,10-8+. The van der Waals surface area contributed by atoms with Crippen LogP contribution in [0.3, 0.4) is 0 Å². The molecule has 0 aliphatic heterocycles. The van der Waals surface area contributed by atoms with Crippen LogP contribution in [0.15, 0.2) is 35.6 Å². The molecule has 0 saturated carbocycles. The molecule has 0 unspecified atom stereocenters. The summed E-state index contributed by atoms with van der Waals surface area (Å²) in [4.78, 5) is 0.